The first-order valence-electron chi connectivity index (χ1n) is 12.2. The minimum absolute atomic E-state index is 0.00794. The van der Waals surface area contributed by atoms with Crippen molar-refractivity contribution >= 4 is 29.0 Å². The second-order valence-electron chi connectivity index (χ2n) is 9.45. The number of aromatic nitrogens is 4. The Morgan fingerprint density at radius 3 is 2.46 bits per heavy atom. The highest BCUT2D eigenvalue weighted by atomic mass is 35.5. The van der Waals surface area contributed by atoms with Crippen molar-refractivity contribution in [2.75, 3.05) is 6.61 Å². The van der Waals surface area contributed by atoms with Crippen molar-refractivity contribution in [3.8, 4) is 16.9 Å². The van der Waals surface area contributed by atoms with E-state index in [-0.39, 0.29) is 53.5 Å². The van der Waals surface area contributed by atoms with Gasteiger partial charge < -0.3 is 13.9 Å². The van der Waals surface area contributed by atoms with E-state index in [0.29, 0.717) is 22.0 Å². The molecule has 0 amide bonds. The summed E-state index contributed by atoms with van der Waals surface area (Å²) in [6.45, 7) is 2.09. The molecule has 0 aliphatic carbocycles. The number of nitrogens with zero attached hydrogens (tertiary/aromatic N) is 4. The van der Waals surface area contributed by atoms with E-state index < -0.39 is 17.8 Å². The minimum Gasteiger partial charge on any atom is -0.491 e. The van der Waals surface area contributed by atoms with Crippen molar-refractivity contribution in [2.24, 2.45) is 13.0 Å². The molecule has 7 nitrogen and oxygen atoms in total. The minimum atomic E-state index is -4.71. The van der Waals surface area contributed by atoms with E-state index in [4.69, 9.17) is 33.3 Å². The lowest BCUT2D eigenvalue weighted by Crippen LogP contribution is -2.30. The number of imidazole rings is 1. The van der Waals surface area contributed by atoms with Gasteiger partial charge in [-0.1, -0.05) is 29.3 Å². The standard InChI is InChI=1S/C27H24Cl2F3N5O2/c1-3-37-13-20(25(34-37)27(30,31)32)18-9-16(12-36-7-6-35(2)26(36)33)10-19-23(38)17(14-39-24(18)19)8-15-4-5-21(28)22(29)11-15/h4-7,9-11,13,17,33H,3,8,12,14H2,1-2H3. The predicted molar refractivity (Wildman–Crippen MR) is 140 cm³/mol. The summed E-state index contributed by atoms with van der Waals surface area (Å²) >= 11 is 12.2. The van der Waals surface area contributed by atoms with Crippen molar-refractivity contribution in [1.82, 2.24) is 18.9 Å². The fraction of sp³-hybridized carbons (Fsp3) is 0.296. The molecule has 204 valence electrons. The number of ether oxygens (including phenoxy) is 1. The lowest BCUT2D eigenvalue weighted by molar-refractivity contribution is -0.141. The van der Waals surface area contributed by atoms with Gasteiger partial charge in [0.15, 0.2) is 11.5 Å². The maximum absolute atomic E-state index is 14.0. The molecule has 39 heavy (non-hydrogen) atoms. The molecule has 2 aromatic carbocycles. The van der Waals surface area contributed by atoms with Gasteiger partial charge >= 0.3 is 6.18 Å². The average Bonchev–Trinajstić information content (AvgIpc) is 3.47. The van der Waals surface area contributed by atoms with Crippen molar-refractivity contribution in [3.05, 3.63) is 87.0 Å². The SMILES string of the molecule is CCn1cc(-c2cc(Cn3ccn(C)c3=N)cc3c2OCC(Cc2ccc(Cl)c(Cl)c2)C3=O)c(C(F)(F)F)n1. The highest BCUT2D eigenvalue weighted by molar-refractivity contribution is 6.42. The summed E-state index contributed by atoms with van der Waals surface area (Å²) in [5, 5.41) is 12.8. The van der Waals surface area contributed by atoms with Crippen LogP contribution in [0.3, 0.4) is 0 Å². The molecule has 3 heterocycles. The van der Waals surface area contributed by atoms with E-state index in [1.807, 2.05) is 0 Å². The van der Waals surface area contributed by atoms with Gasteiger partial charge in [-0.15, -0.1) is 0 Å². The van der Waals surface area contributed by atoms with Crippen LogP contribution in [0.4, 0.5) is 13.2 Å². The van der Waals surface area contributed by atoms with E-state index in [0.717, 1.165) is 5.56 Å². The summed E-state index contributed by atoms with van der Waals surface area (Å²) in [5.74, 6) is -0.722. The zero-order chi connectivity index (χ0) is 28.1. The Morgan fingerprint density at radius 1 is 1.08 bits per heavy atom. The number of nitrogens with one attached hydrogen (secondary N) is 1. The zero-order valence-corrected chi connectivity index (χ0v) is 22.5. The number of benzene rings is 2. The first-order chi connectivity index (χ1) is 18.5. The number of aryl methyl sites for hydroxylation is 2. The van der Waals surface area contributed by atoms with Gasteiger partial charge in [-0.3, -0.25) is 14.9 Å². The van der Waals surface area contributed by atoms with E-state index in [1.165, 1.54) is 10.9 Å². The van der Waals surface area contributed by atoms with E-state index >= 15 is 0 Å². The first-order valence-corrected chi connectivity index (χ1v) is 12.9. The molecule has 0 saturated heterocycles. The summed E-state index contributed by atoms with van der Waals surface area (Å²) in [7, 11) is 1.72. The van der Waals surface area contributed by atoms with Crippen molar-refractivity contribution < 1.29 is 22.7 Å². The third-order valence-electron chi connectivity index (χ3n) is 6.75. The van der Waals surface area contributed by atoms with E-state index in [9.17, 15) is 18.0 Å². The van der Waals surface area contributed by atoms with Crippen LogP contribution >= 0.6 is 23.2 Å². The number of carbonyl (C=O) groups is 1. The predicted octanol–water partition coefficient (Wildman–Crippen LogP) is 6.00. The third-order valence-corrected chi connectivity index (χ3v) is 7.49. The van der Waals surface area contributed by atoms with E-state index in [1.54, 1.807) is 65.8 Å². The number of ketones is 1. The fourth-order valence-corrected chi connectivity index (χ4v) is 5.06. The van der Waals surface area contributed by atoms with Crippen LogP contribution in [0.2, 0.25) is 10.0 Å². The molecular formula is C27H24Cl2F3N5O2. The first kappa shape index (κ1) is 27.1. The maximum atomic E-state index is 14.0. The molecular weight excluding hydrogens is 554 g/mol. The highest BCUT2D eigenvalue weighted by Crippen LogP contribution is 2.44. The Bertz CT molecular complexity index is 1640. The molecule has 4 aromatic rings. The summed E-state index contributed by atoms with van der Waals surface area (Å²) in [5.41, 5.74) is 0.655. The van der Waals surface area contributed by atoms with Crippen LogP contribution in [0.5, 0.6) is 5.75 Å². The van der Waals surface area contributed by atoms with Crippen molar-refractivity contribution in [2.45, 2.75) is 32.6 Å². The van der Waals surface area contributed by atoms with Gasteiger partial charge in [-0.05, 0) is 48.7 Å². The Morgan fingerprint density at radius 2 is 1.82 bits per heavy atom. The van der Waals surface area contributed by atoms with Crippen molar-refractivity contribution in [1.29, 1.82) is 5.41 Å². The molecule has 0 fully saturated rings. The highest BCUT2D eigenvalue weighted by Gasteiger charge is 2.40. The molecule has 1 atom stereocenters. The van der Waals surface area contributed by atoms with Gasteiger partial charge in [-0.25, -0.2) is 0 Å². The van der Waals surface area contributed by atoms with Crippen LogP contribution in [0, 0.1) is 11.3 Å². The monoisotopic (exact) mass is 577 g/mol. The van der Waals surface area contributed by atoms with Crippen LogP contribution in [-0.2, 0) is 32.7 Å². The van der Waals surface area contributed by atoms with Gasteiger partial charge in [0.1, 0.15) is 5.75 Å². The Labute approximate surface area is 231 Å². The number of halogens is 5. The van der Waals surface area contributed by atoms with Crippen LogP contribution in [-0.4, -0.2) is 31.3 Å². The quantitative estimate of drug-likeness (QED) is 0.305. The maximum Gasteiger partial charge on any atom is 0.435 e. The smallest absolute Gasteiger partial charge is 0.435 e. The molecule has 0 saturated carbocycles. The lowest BCUT2D eigenvalue weighted by Gasteiger charge is -2.27. The molecule has 5 rings (SSSR count). The molecule has 1 unspecified atom stereocenters. The van der Waals surface area contributed by atoms with Crippen LogP contribution in [0.1, 0.15) is 34.1 Å². The van der Waals surface area contributed by atoms with Gasteiger partial charge in [0.2, 0.25) is 5.62 Å². The average molecular weight is 578 g/mol. The molecule has 0 spiro atoms. The molecule has 1 aliphatic heterocycles. The van der Waals surface area contributed by atoms with E-state index in [2.05, 4.69) is 5.10 Å². The topological polar surface area (TPSA) is 77.8 Å². The molecule has 1 N–H and O–H groups in total. The van der Waals surface area contributed by atoms with Gasteiger partial charge in [0.05, 0.1) is 34.7 Å². The van der Waals surface area contributed by atoms with Crippen LogP contribution in [0.15, 0.2) is 48.9 Å². The van der Waals surface area contributed by atoms with Crippen molar-refractivity contribution in [3.63, 3.8) is 0 Å². The second kappa shape index (κ2) is 10.2. The summed E-state index contributed by atoms with van der Waals surface area (Å²) in [6.07, 6.45) is 0.333. The largest absolute Gasteiger partial charge is 0.491 e. The summed E-state index contributed by atoms with van der Waals surface area (Å²) in [4.78, 5) is 13.7. The molecule has 2 aromatic heterocycles. The van der Waals surface area contributed by atoms with Crippen LogP contribution in [0.25, 0.3) is 11.1 Å². The lowest BCUT2D eigenvalue weighted by atomic mass is 9.86. The van der Waals surface area contributed by atoms with Gasteiger partial charge in [0.25, 0.3) is 0 Å². The molecule has 0 bridgehead atoms. The number of rotatable bonds is 6. The Kier molecular flexibility index (Phi) is 7.11. The Hall–Kier alpha value is -3.50. The number of carbonyl (C=O) groups excluding carboxylic acids is 1. The second-order valence-corrected chi connectivity index (χ2v) is 10.3. The number of hydrogen-bond acceptors (Lipinski definition) is 4. The molecule has 1 aliphatic rings. The normalized spacial score (nSPS) is 15.4. The number of Topliss-reactive ketones (excluding diaryl/α,β-unsaturated/α-hetero) is 1. The van der Waals surface area contributed by atoms with Crippen LogP contribution < -0.4 is 10.4 Å². The fourth-order valence-electron chi connectivity index (χ4n) is 4.74. The number of alkyl halides is 3. The Balaban J connectivity index is 1.62. The summed E-state index contributed by atoms with van der Waals surface area (Å²) in [6, 6.07) is 8.33. The van der Waals surface area contributed by atoms with Gasteiger partial charge in [-0.2, -0.15) is 18.3 Å². The zero-order valence-electron chi connectivity index (χ0n) is 21.0. The number of hydrogen-bond donors (Lipinski definition) is 1. The summed E-state index contributed by atoms with van der Waals surface area (Å²) < 4.78 is 52.6. The number of fused-ring (bicyclic) bond motifs is 1. The molecule has 0 radical (unpaired) electrons. The third kappa shape index (κ3) is 5.23. The van der Waals surface area contributed by atoms with Gasteiger partial charge in [0, 0.05) is 43.3 Å². The molecule has 12 heteroatoms.